The van der Waals surface area contributed by atoms with E-state index in [1.165, 1.54) is 0 Å². The number of hydrogen-bond donors (Lipinski definition) is 1. The van der Waals surface area contributed by atoms with E-state index in [-0.39, 0.29) is 0 Å². The zero-order valence-corrected chi connectivity index (χ0v) is 9.74. The van der Waals surface area contributed by atoms with E-state index >= 15 is 0 Å². The Labute approximate surface area is 105 Å². The van der Waals surface area contributed by atoms with Gasteiger partial charge in [-0.05, 0) is 11.5 Å². The molecule has 0 unspecified atom stereocenters. The second kappa shape index (κ2) is 4.50. The lowest BCUT2D eigenvalue weighted by Crippen LogP contribution is -1.99. The van der Waals surface area contributed by atoms with Crippen LogP contribution in [0.5, 0.6) is 0 Å². The Balaban J connectivity index is 2.18. The molecule has 2 N–H and O–H groups in total. The van der Waals surface area contributed by atoms with Crippen molar-refractivity contribution < 1.29 is 0 Å². The Kier molecular flexibility index (Phi) is 2.70. The zero-order valence-electron chi connectivity index (χ0n) is 9.74. The Morgan fingerprint density at radius 3 is 2.50 bits per heavy atom. The van der Waals surface area contributed by atoms with Crippen molar-refractivity contribution >= 4 is 10.8 Å². The Hall–Kier alpha value is -2.33. The number of nitrogens with two attached hydrogens (primary N) is 1. The number of fused-ring (bicyclic) bond motifs is 1. The van der Waals surface area contributed by atoms with Crippen LogP contribution in [0.1, 0.15) is 5.56 Å². The molecule has 18 heavy (non-hydrogen) atoms. The van der Waals surface area contributed by atoms with Crippen molar-refractivity contribution in [2.45, 2.75) is 6.54 Å². The molecule has 3 aromatic rings. The van der Waals surface area contributed by atoms with E-state index in [9.17, 15) is 0 Å². The van der Waals surface area contributed by atoms with Gasteiger partial charge in [-0.15, -0.1) is 0 Å². The van der Waals surface area contributed by atoms with Crippen LogP contribution in [0.3, 0.4) is 0 Å². The first-order chi connectivity index (χ1) is 8.88. The summed E-state index contributed by atoms with van der Waals surface area (Å²) in [6.07, 6.45) is 5.26. The average Bonchev–Trinajstić information content (AvgIpc) is 2.47. The van der Waals surface area contributed by atoms with Crippen LogP contribution in [0.4, 0.5) is 0 Å². The molecule has 0 saturated carbocycles. The molecule has 88 valence electrons. The molecule has 0 radical (unpaired) electrons. The van der Waals surface area contributed by atoms with Gasteiger partial charge in [0.1, 0.15) is 5.69 Å². The number of rotatable bonds is 2. The third kappa shape index (κ3) is 1.83. The van der Waals surface area contributed by atoms with Gasteiger partial charge in [0.15, 0.2) is 5.82 Å². The van der Waals surface area contributed by atoms with Crippen LogP contribution in [0, 0.1) is 0 Å². The summed E-state index contributed by atoms with van der Waals surface area (Å²) in [6, 6.07) is 10.0. The molecule has 3 rings (SSSR count). The van der Waals surface area contributed by atoms with Crippen molar-refractivity contribution in [1.29, 1.82) is 0 Å². The molecule has 0 spiro atoms. The molecule has 4 nitrogen and oxygen atoms in total. The number of benzene rings is 1. The molecule has 0 saturated heterocycles. The summed E-state index contributed by atoms with van der Waals surface area (Å²) >= 11 is 0. The molecule has 0 fully saturated rings. The summed E-state index contributed by atoms with van der Waals surface area (Å²) in [6.45, 7) is 0.448. The van der Waals surface area contributed by atoms with E-state index in [1.807, 2.05) is 24.3 Å². The Morgan fingerprint density at radius 1 is 0.944 bits per heavy atom. The van der Waals surface area contributed by atoms with Gasteiger partial charge in [-0.25, -0.2) is 9.97 Å². The zero-order chi connectivity index (χ0) is 12.4. The molecule has 2 aromatic heterocycles. The molecular weight excluding hydrogens is 224 g/mol. The van der Waals surface area contributed by atoms with Crippen molar-refractivity contribution in [3.05, 3.63) is 54.5 Å². The summed E-state index contributed by atoms with van der Waals surface area (Å²) in [7, 11) is 0. The van der Waals surface area contributed by atoms with Crippen LogP contribution in [0.2, 0.25) is 0 Å². The topological polar surface area (TPSA) is 64.7 Å². The number of pyridine rings is 1. The third-order valence-electron chi connectivity index (χ3n) is 2.83. The van der Waals surface area contributed by atoms with Gasteiger partial charge in [0.05, 0.1) is 0 Å². The van der Waals surface area contributed by atoms with E-state index in [4.69, 9.17) is 5.73 Å². The van der Waals surface area contributed by atoms with Crippen LogP contribution in [0.25, 0.3) is 22.3 Å². The van der Waals surface area contributed by atoms with E-state index in [0.717, 1.165) is 22.0 Å². The molecule has 0 aliphatic carbocycles. The number of nitrogens with zero attached hydrogens (tertiary/aromatic N) is 3. The van der Waals surface area contributed by atoms with Crippen molar-refractivity contribution in [2.75, 3.05) is 0 Å². The van der Waals surface area contributed by atoms with Crippen LogP contribution in [-0.2, 0) is 6.54 Å². The van der Waals surface area contributed by atoms with Crippen LogP contribution in [-0.4, -0.2) is 15.0 Å². The molecule has 0 aliphatic rings. The predicted octanol–water partition coefficient (Wildman–Crippen LogP) is 2.15. The third-order valence-corrected chi connectivity index (χ3v) is 2.83. The lowest BCUT2D eigenvalue weighted by atomic mass is 10.1. The summed E-state index contributed by atoms with van der Waals surface area (Å²) in [4.78, 5) is 13.0. The smallest absolute Gasteiger partial charge is 0.178 e. The summed E-state index contributed by atoms with van der Waals surface area (Å²) in [5.41, 5.74) is 7.25. The predicted molar refractivity (Wildman–Crippen MR) is 70.7 cm³/mol. The summed E-state index contributed by atoms with van der Waals surface area (Å²) < 4.78 is 0. The average molecular weight is 236 g/mol. The fraction of sp³-hybridized carbons (Fsp3) is 0.0714. The molecular formula is C14H12N4. The van der Waals surface area contributed by atoms with Crippen LogP contribution >= 0.6 is 0 Å². The monoisotopic (exact) mass is 236 g/mol. The highest BCUT2D eigenvalue weighted by molar-refractivity contribution is 5.92. The minimum atomic E-state index is 0.448. The highest BCUT2D eigenvalue weighted by Gasteiger charge is 2.07. The lowest BCUT2D eigenvalue weighted by Gasteiger charge is -2.04. The Morgan fingerprint density at radius 2 is 1.72 bits per heavy atom. The van der Waals surface area contributed by atoms with Crippen LogP contribution in [0.15, 0.2) is 48.9 Å². The van der Waals surface area contributed by atoms with Gasteiger partial charge in [0.2, 0.25) is 0 Å². The maximum absolute atomic E-state index is 5.53. The highest BCUT2D eigenvalue weighted by atomic mass is 14.9. The highest BCUT2D eigenvalue weighted by Crippen LogP contribution is 2.23. The first-order valence-corrected chi connectivity index (χ1v) is 5.73. The summed E-state index contributed by atoms with van der Waals surface area (Å²) in [5, 5.41) is 2.19. The maximum atomic E-state index is 5.53. The van der Waals surface area contributed by atoms with Gasteiger partial charge in [-0.2, -0.15) is 0 Å². The maximum Gasteiger partial charge on any atom is 0.178 e. The van der Waals surface area contributed by atoms with E-state index in [0.29, 0.717) is 12.4 Å². The SMILES string of the molecule is NCc1cnc(-c2nccc3ccccc23)nc1. The first kappa shape index (κ1) is 10.8. The molecule has 4 heteroatoms. The summed E-state index contributed by atoms with van der Waals surface area (Å²) in [5.74, 6) is 0.629. The van der Waals surface area contributed by atoms with Crippen molar-refractivity contribution in [3.63, 3.8) is 0 Å². The number of aromatic nitrogens is 3. The van der Waals surface area contributed by atoms with E-state index in [2.05, 4.69) is 21.0 Å². The molecule has 0 aliphatic heterocycles. The fourth-order valence-corrected chi connectivity index (χ4v) is 1.88. The molecule has 0 atom stereocenters. The van der Waals surface area contributed by atoms with E-state index in [1.54, 1.807) is 18.6 Å². The molecule has 2 heterocycles. The lowest BCUT2D eigenvalue weighted by molar-refractivity contribution is 1.01. The van der Waals surface area contributed by atoms with Gasteiger partial charge in [-0.1, -0.05) is 24.3 Å². The van der Waals surface area contributed by atoms with Gasteiger partial charge in [0.25, 0.3) is 0 Å². The second-order valence-electron chi connectivity index (χ2n) is 4.00. The van der Waals surface area contributed by atoms with Gasteiger partial charge in [0, 0.05) is 36.1 Å². The minimum absolute atomic E-state index is 0.448. The van der Waals surface area contributed by atoms with Crippen molar-refractivity contribution in [2.24, 2.45) is 5.73 Å². The molecule has 0 bridgehead atoms. The largest absolute Gasteiger partial charge is 0.326 e. The Bertz CT molecular complexity index is 671. The second-order valence-corrected chi connectivity index (χ2v) is 4.00. The molecule has 1 aromatic carbocycles. The standard InChI is InChI=1S/C14H12N4/c15-7-10-8-17-14(18-9-10)13-12-4-2-1-3-11(12)5-6-16-13/h1-6,8-9H,7,15H2. The first-order valence-electron chi connectivity index (χ1n) is 5.73. The fourth-order valence-electron chi connectivity index (χ4n) is 1.88. The normalized spacial score (nSPS) is 10.7. The number of hydrogen-bond acceptors (Lipinski definition) is 4. The molecule has 0 amide bonds. The van der Waals surface area contributed by atoms with Crippen molar-refractivity contribution in [1.82, 2.24) is 15.0 Å². The van der Waals surface area contributed by atoms with Crippen LogP contribution < -0.4 is 5.73 Å². The van der Waals surface area contributed by atoms with Gasteiger partial charge in [-0.3, -0.25) is 4.98 Å². The van der Waals surface area contributed by atoms with Gasteiger partial charge < -0.3 is 5.73 Å². The minimum Gasteiger partial charge on any atom is -0.326 e. The van der Waals surface area contributed by atoms with E-state index < -0.39 is 0 Å². The van der Waals surface area contributed by atoms with Gasteiger partial charge >= 0.3 is 0 Å². The van der Waals surface area contributed by atoms with Crippen molar-refractivity contribution in [3.8, 4) is 11.5 Å². The quantitative estimate of drug-likeness (QED) is 0.740.